The molecule has 0 saturated carbocycles. The van der Waals surface area contributed by atoms with Crippen molar-refractivity contribution >= 4 is 5.91 Å². The van der Waals surface area contributed by atoms with E-state index in [2.05, 4.69) is 19.2 Å². The molecule has 0 saturated heterocycles. The van der Waals surface area contributed by atoms with Gasteiger partial charge in [-0.15, -0.1) is 0 Å². The van der Waals surface area contributed by atoms with E-state index >= 15 is 0 Å². The first-order valence-electron chi connectivity index (χ1n) is 6.98. The molecule has 0 aliphatic heterocycles. The summed E-state index contributed by atoms with van der Waals surface area (Å²) >= 11 is 0. The fourth-order valence-corrected chi connectivity index (χ4v) is 1.79. The summed E-state index contributed by atoms with van der Waals surface area (Å²) in [6.45, 7) is 6.22. The molecule has 0 fully saturated rings. The Morgan fingerprint density at radius 2 is 1.80 bits per heavy atom. The zero-order valence-corrected chi connectivity index (χ0v) is 13.0. The number of nitrogens with one attached hydrogen (secondary N) is 1. The van der Waals surface area contributed by atoms with Crippen molar-refractivity contribution < 1.29 is 14.3 Å². The van der Waals surface area contributed by atoms with E-state index in [1.807, 2.05) is 25.1 Å². The summed E-state index contributed by atoms with van der Waals surface area (Å²) in [7, 11) is 3.22. The van der Waals surface area contributed by atoms with Gasteiger partial charge in [0.05, 0.1) is 14.2 Å². The highest BCUT2D eigenvalue weighted by Crippen LogP contribution is 2.27. The molecule has 0 unspecified atom stereocenters. The van der Waals surface area contributed by atoms with Crippen LogP contribution in [0.4, 0.5) is 0 Å². The van der Waals surface area contributed by atoms with Crippen LogP contribution in [0, 0.1) is 5.92 Å². The van der Waals surface area contributed by atoms with Crippen LogP contribution in [0.25, 0.3) is 0 Å². The fourth-order valence-electron chi connectivity index (χ4n) is 1.79. The van der Waals surface area contributed by atoms with Crippen LogP contribution in [-0.4, -0.2) is 26.2 Å². The minimum Gasteiger partial charge on any atom is -0.493 e. The maximum absolute atomic E-state index is 11.8. The number of hydrogen-bond donors (Lipinski definition) is 1. The van der Waals surface area contributed by atoms with Gasteiger partial charge in [-0.05, 0) is 37.0 Å². The summed E-state index contributed by atoms with van der Waals surface area (Å²) in [6, 6.07) is 5.94. The molecule has 112 valence electrons. The highest BCUT2D eigenvalue weighted by atomic mass is 16.5. The number of carbonyl (C=O) groups excluding carboxylic acids is 1. The first kappa shape index (κ1) is 16.3. The normalized spacial score (nSPS) is 12.1. The number of benzene rings is 1. The van der Waals surface area contributed by atoms with E-state index in [4.69, 9.17) is 9.47 Å². The van der Waals surface area contributed by atoms with Crippen molar-refractivity contribution in [2.24, 2.45) is 5.92 Å². The Morgan fingerprint density at radius 3 is 2.35 bits per heavy atom. The molecular formula is C16H25NO3. The third kappa shape index (κ3) is 4.76. The second-order valence-corrected chi connectivity index (χ2v) is 5.29. The summed E-state index contributed by atoms with van der Waals surface area (Å²) in [5.74, 6) is 1.93. The smallest absolute Gasteiger partial charge is 0.220 e. The first-order chi connectivity index (χ1) is 9.47. The third-order valence-electron chi connectivity index (χ3n) is 3.48. The van der Waals surface area contributed by atoms with Crippen LogP contribution >= 0.6 is 0 Å². The van der Waals surface area contributed by atoms with Crippen molar-refractivity contribution in [3.63, 3.8) is 0 Å². The van der Waals surface area contributed by atoms with Crippen LogP contribution < -0.4 is 14.8 Å². The summed E-state index contributed by atoms with van der Waals surface area (Å²) in [5.41, 5.74) is 1.06. The highest BCUT2D eigenvalue weighted by Gasteiger charge is 2.11. The molecule has 0 aliphatic rings. The van der Waals surface area contributed by atoms with Gasteiger partial charge in [0.2, 0.25) is 5.91 Å². The molecule has 20 heavy (non-hydrogen) atoms. The summed E-state index contributed by atoms with van der Waals surface area (Å²) in [6.07, 6.45) is 1.17. The summed E-state index contributed by atoms with van der Waals surface area (Å²) in [4.78, 5) is 11.8. The molecule has 0 aliphatic carbocycles. The molecule has 0 spiro atoms. The molecule has 1 aromatic carbocycles. The minimum absolute atomic E-state index is 0.0842. The second-order valence-electron chi connectivity index (χ2n) is 5.29. The van der Waals surface area contributed by atoms with Crippen LogP contribution in [0.5, 0.6) is 11.5 Å². The van der Waals surface area contributed by atoms with Crippen molar-refractivity contribution in [2.45, 2.75) is 39.7 Å². The van der Waals surface area contributed by atoms with E-state index < -0.39 is 0 Å². The van der Waals surface area contributed by atoms with Gasteiger partial charge in [0.15, 0.2) is 11.5 Å². The molecule has 0 heterocycles. The van der Waals surface area contributed by atoms with Gasteiger partial charge in [0, 0.05) is 12.5 Å². The fraction of sp³-hybridized carbons (Fsp3) is 0.562. The molecule has 0 radical (unpaired) electrons. The Morgan fingerprint density at radius 1 is 1.15 bits per heavy atom. The third-order valence-corrected chi connectivity index (χ3v) is 3.48. The average molecular weight is 279 g/mol. The standard InChI is InChI=1S/C16H25NO3/c1-11(2)12(3)17-16(18)9-7-13-6-8-14(19-4)15(10-13)20-5/h6,8,10-12H,7,9H2,1-5H3,(H,17,18)/t12-/m0/s1. The lowest BCUT2D eigenvalue weighted by Gasteiger charge is -2.17. The Labute approximate surface area is 121 Å². The lowest BCUT2D eigenvalue weighted by Crippen LogP contribution is -2.36. The monoisotopic (exact) mass is 279 g/mol. The van der Waals surface area contributed by atoms with Gasteiger partial charge in [0.1, 0.15) is 0 Å². The Hall–Kier alpha value is -1.71. The van der Waals surface area contributed by atoms with Crippen LogP contribution in [0.15, 0.2) is 18.2 Å². The van der Waals surface area contributed by atoms with Crippen molar-refractivity contribution in [3.8, 4) is 11.5 Å². The molecule has 0 bridgehead atoms. The number of methoxy groups -OCH3 is 2. The summed E-state index contributed by atoms with van der Waals surface area (Å²) in [5, 5.41) is 3.01. The molecule has 4 heteroatoms. The van der Waals surface area contributed by atoms with E-state index in [0.29, 0.717) is 30.3 Å². The molecule has 1 atom stereocenters. The average Bonchev–Trinajstić information content (AvgIpc) is 2.44. The zero-order valence-electron chi connectivity index (χ0n) is 13.0. The van der Waals surface area contributed by atoms with Crippen LogP contribution in [0.2, 0.25) is 0 Å². The van der Waals surface area contributed by atoms with Gasteiger partial charge >= 0.3 is 0 Å². The Kier molecular flexibility index (Phi) is 6.36. The van der Waals surface area contributed by atoms with Crippen molar-refractivity contribution in [1.29, 1.82) is 0 Å². The first-order valence-corrected chi connectivity index (χ1v) is 6.98. The highest BCUT2D eigenvalue weighted by molar-refractivity contribution is 5.76. The van der Waals surface area contributed by atoms with E-state index in [-0.39, 0.29) is 11.9 Å². The molecule has 1 aromatic rings. The number of rotatable bonds is 7. The number of hydrogen-bond acceptors (Lipinski definition) is 3. The largest absolute Gasteiger partial charge is 0.493 e. The van der Waals surface area contributed by atoms with Crippen molar-refractivity contribution in [2.75, 3.05) is 14.2 Å². The molecule has 0 aromatic heterocycles. The van der Waals surface area contributed by atoms with E-state index in [1.54, 1.807) is 14.2 Å². The topological polar surface area (TPSA) is 47.6 Å². The number of carbonyl (C=O) groups is 1. The lowest BCUT2D eigenvalue weighted by atomic mass is 10.1. The molecular weight excluding hydrogens is 254 g/mol. The zero-order chi connectivity index (χ0) is 15.1. The lowest BCUT2D eigenvalue weighted by molar-refractivity contribution is -0.121. The van der Waals surface area contributed by atoms with Crippen molar-refractivity contribution in [1.82, 2.24) is 5.32 Å². The van der Waals surface area contributed by atoms with Gasteiger partial charge in [-0.3, -0.25) is 4.79 Å². The maximum Gasteiger partial charge on any atom is 0.220 e. The molecule has 1 amide bonds. The quantitative estimate of drug-likeness (QED) is 0.835. The Balaban J connectivity index is 2.55. The SMILES string of the molecule is COc1ccc(CCC(=O)N[C@@H](C)C(C)C)cc1OC. The second kappa shape index (κ2) is 7.78. The van der Waals surface area contributed by atoms with Gasteiger partial charge in [-0.2, -0.15) is 0 Å². The van der Waals surface area contributed by atoms with Crippen LogP contribution in [0.3, 0.4) is 0 Å². The van der Waals surface area contributed by atoms with Crippen molar-refractivity contribution in [3.05, 3.63) is 23.8 Å². The maximum atomic E-state index is 11.8. The number of amides is 1. The number of aryl methyl sites for hydroxylation is 1. The van der Waals surface area contributed by atoms with E-state index in [1.165, 1.54) is 0 Å². The van der Waals surface area contributed by atoms with Gasteiger partial charge < -0.3 is 14.8 Å². The molecule has 4 nitrogen and oxygen atoms in total. The predicted octanol–water partition coefficient (Wildman–Crippen LogP) is 2.80. The van der Waals surface area contributed by atoms with Crippen LogP contribution in [0.1, 0.15) is 32.8 Å². The predicted molar refractivity (Wildman–Crippen MR) is 80.3 cm³/mol. The minimum atomic E-state index is 0.0842. The van der Waals surface area contributed by atoms with E-state index in [0.717, 1.165) is 5.56 Å². The molecule has 1 N–H and O–H groups in total. The van der Waals surface area contributed by atoms with Gasteiger partial charge in [0.25, 0.3) is 0 Å². The summed E-state index contributed by atoms with van der Waals surface area (Å²) < 4.78 is 10.4. The van der Waals surface area contributed by atoms with E-state index in [9.17, 15) is 4.79 Å². The van der Waals surface area contributed by atoms with Gasteiger partial charge in [-0.1, -0.05) is 19.9 Å². The Bertz CT molecular complexity index is 443. The van der Waals surface area contributed by atoms with Crippen LogP contribution in [-0.2, 0) is 11.2 Å². The molecule has 1 rings (SSSR count). The number of ether oxygens (including phenoxy) is 2. The van der Waals surface area contributed by atoms with Gasteiger partial charge in [-0.25, -0.2) is 0 Å².